The highest BCUT2D eigenvalue weighted by atomic mass is 35.5. The van der Waals surface area contributed by atoms with Gasteiger partial charge in [0.05, 0.1) is 11.4 Å². The van der Waals surface area contributed by atoms with Crippen LogP contribution in [0.4, 0.5) is 11.4 Å². The summed E-state index contributed by atoms with van der Waals surface area (Å²) in [5.74, 6) is 0. The van der Waals surface area contributed by atoms with Crippen molar-refractivity contribution in [3.63, 3.8) is 0 Å². The van der Waals surface area contributed by atoms with E-state index in [4.69, 9.17) is 75.3 Å². The normalized spacial score (nSPS) is 14.7. The van der Waals surface area contributed by atoms with Crippen LogP contribution >= 0.6 is 69.6 Å². The number of alkyl halides is 2. The lowest BCUT2D eigenvalue weighted by molar-refractivity contribution is 0.215. The average Bonchev–Trinajstić information content (AvgIpc) is 3.24. The summed E-state index contributed by atoms with van der Waals surface area (Å²) < 4.78 is 0. The van der Waals surface area contributed by atoms with Gasteiger partial charge < -0.3 is 10.6 Å². The minimum Gasteiger partial charge on any atom is -0.399 e. The summed E-state index contributed by atoms with van der Waals surface area (Å²) in [4.78, 5) is 7.29. The highest BCUT2D eigenvalue weighted by molar-refractivity contribution is 6.31. The predicted molar refractivity (Wildman–Crippen MR) is 259 cm³/mol. The van der Waals surface area contributed by atoms with Gasteiger partial charge in [-0.05, 0) is 102 Å². The van der Waals surface area contributed by atoms with E-state index in [1.54, 1.807) is 24.3 Å². The SMILES string of the molecule is CC.CC(Cl)CN(Cc1ccccc1)CC(Cl)c1ccc(Cl)cc1.Clc1ccc(C2CN(Cc3ccccc3)CCN2c2ccc(Cl)cc2)cc1.Nc1ccc(Cl)cc1. The Morgan fingerprint density at radius 2 is 1.07 bits per heavy atom. The number of halogens is 6. The van der Waals surface area contributed by atoms with Crippen molar-refractivity contribution in [3.8, 4) is 0 Å². The Morgan fingerprint density at radius 3 is 1.58 bits per heavy atom. The first-order chi connectivity index (χ1) is 28.5. The molecule has 0 aromatic heterocycles. The smallest absolute Gasteiger partial charge is 0.0712 e. The molecule has 1 aliphatic rings. The molecule has 1 saturated heterocycles. The van der Waals surface area contributed by atoms with E-state index < -0.39 is 0 Å². The van der Waals surface area contributed by atoms with Crippen LogP contribution in [0.1, 0.15) is 54.4 Å². The molecule has 6 aromatic carbocycles. The van der Waals surface area contributed by atoms with Gasteiger partial charge in [-0.25, -0.2) is 0 Å². The minimum atomic E-state index is -0.0867. The van der Waals surface area contributed by atoms with Crippen molar-refractivity contribution in [3.05, 3.63) is 200 Å². The van der Waals surface area contributed by atoms with Crippen molar-refractivity contribution >= 4 is 81.0 Å². The van der Waals surface area contributed by atoms with Gasteiger partial charge in [-0.2, -0.15) is 0 Å². The second kappa shape index (κ2) is 26.0. The van der Waals surface area contributed by atoms with Crippen LogP contribution in [0.25, 0.3) is 0 Å². The first-order valence-corrected chi connectivity index (χ1v) is 22.3. The molecule has 1 aliphatic heterocycles. The number of nitrogen functional groups attached to an aromatic ring is 1. The van der Waals surface area contributed by atoms with Gasteiger partial charge in [0.2, 0.25) is 0 Å². The fourth-order valence-electron chi connectivity index (χ4n) is 6.60. The monoisotopic (exact) mass is 908 g/mol. The quantitative estimate of drug-likeness (QED) is 0.104. The molecule has 4 nitrogen and oxygen atoms in total. The second-order valence-corrected chi connectivity index (χ2v) is 17.0. The number of rotatable bonds is 11. The molecule has 2 N–H and O–H groups in total. The molecule has 0 radical (unpaired) electrons. The first kappa shape index (κ1) is 48.2. The lowest BCUT2D eigenvalue weighted by Gasteiger charge is -2.43. The fourth-order valence-corrected chi connectivity index (χ4v) is 7.64. The maximum absolute atomic E-state index is 6.58. The van der Waals surface area contributed by atoms with Crippen LogP contribution in [0.2, 0.25) is 20.1 Å². The van der Waals surface area contributed by atoms with E-state index in [2.05, 4.69) is 93.6 Å². The van der Waals surface area contributed by atoms with Gasteiger partial charge in [0.25, 0.3) is 0 Å². The van der Waals surface area contributed by atoms with Crippen molar-refractivity contribution in [1.82, 2.24) is 9.80 Å². The summed E-state index contributed by atoms with van der Waals surface area (Å²) in [5.41, 5.74) is 12.3. The number of hydrogen-bond donors (Lipinski definition) is 1. The number of benzene rings is 6. The topological polar surface area (TPSA) is 35.7 Å². The molecule has 0 aliphatic carbocycles. The third-order valence-corrected chi connectivity index (χ3v) is 10.9. The highest BCUT2D eigenvalue weighted by Gasteiger charge is 2.28. The summed E-state index contributed by atoms with van der Waals surface area (Å²) in [7, 11) is 0. The Labute approximate surface area is 382 Å². The average molecular weight is 912 g/mol. The van der Waals surface area contributed by atoms with E-state index in [0.29, 0.717) is 0 Å². The standard InChI is InChI=1S/C23H22Cl2N2.C18H20Cl3N.C6H6ClN.C2H6/c24-20-8-6-19(7-9-20)23-17-26(16-18-4-2-1-3-5-18)14-15-27(23)22-12-10-21(25)11-13-22;1-14(19)11-22(12-15-5-3-2-4-6-15)13-18(21)16-7-9-17(20)10-8-16;7-5-1-3-6(8)4-2-5;1-2/h1-13,23H,14-17H2;2-10,14,18H,11-13H2,1H3;1-4H,8H2;1-2H3. The number of hydrogen-bond acceptors (Lipinski definition) is 4. The summed E-state index contributed by atoms with van der Waals surface area (Å²) in [6.45, 7) is 12.3. The predicted octanol–water partition coefficient (Wildman–Crippen LogP) is 14.8. The van der Waals surface area contributed by atoms with E-state index in [1.807, 2.05) is 75.4 Å². The summed E-state index contributed by atoms with van der Waals surface area (Å²) in [5, 5.41) is 2.98. The largest absolute Gasteiger partial charge is 0.399 e. The minimum absolute atomic E-state index is 0.0813. The molecule has 6 aromatic rings. The lowest BCUT2D eigenvalue weighted by Crippen LogP contribution is -2.48. The number of piperazine rings is 1. The zero-order chi connectivity index (χ0) is 42.6. The Bertz CT molecular complexity index is 1990. The van der Waals surface area contributed by atoms with Crippen molar-refractivity contribution in [2.75, 3.05) is 43.4 Å². The molecule has 10 heteroatoms. The zero-order valence-corrected chi connectivity index (χ0v) is 38.4. The molecule has 1 fully saturated rings. The van der Waals surface area contributed by atoms with Crippen LogP contribution in [0.15, 0.2) is 158 Å². The van der Waals surface area contributed by atoms with Gasteiger partial charge in [0.1, 0.15) is 0 Å². The Balaban J connectivity index is 0.000000215. The van der Waals surface area contributed by atoms with Crippen molar-refractivity contribution in [1.29, 1.82) is 0 Å². The molecule has 3 unspecified atom stereocenters. The zero-order valence-electron chi connectivity index (χ0n) is 33.9. The molecule has 0 amide bonds. The molecule has 1 heterocycles. The van der Waals surface area contributed by atoms with Crippen LogP contribution in [0.3, 0.4) is 0 Å². The van der Waals surface area contributed by atoms with Crippen molar-refractivity contribution in [2.24, 2.45) is 0 Å². The lowest BCUT2D eigenvalue weighted by atomic mass is 10.0. The van der Waals surface area contributed by atoms with Crippen LogP contribution < -0.4 is 10.6 Å². The summed E-state index contributed by atoms with van der Waals surface area (Å²) >= 11 is 36.5. The Kier molecular flexibility index (Phi) is 21.3. The fraction of sp³-hybridized carbons (Fsp3) is 0.265. The first-order valence-electron chi connectivity index (χ1n) is 19.9. The Morgan fingerprint density at radius 1 is 0.593 bits per heavy atom. The van der Waals surface area contributed by atoms with Gasteiger partial charge in [0, 0.05) is 82.7 Å². The van der Waals surface area contributed by atoms with Crippen LogP contribution in [-0.4, -0.2) is 47.9 Å². The number of nitrogens with two attached hydrogens (primary N) is 1. The van der Waals surface area contributed by atoms with E-state index in [9.17, 15) is 0 Å². The van der Waals surface area contributed by atoms with Gasteiger partial charge >= 0.3 is 0 Å². The number of nitrogens with zero attached hydrogens (tertiary/aromatic N) is 3. The van der Waals surface area contributed by atoms with Gasteiger partial charge in [-0.15, -0.1) is 23.2 Å². The van der Waals surface area contributed by atoms with E-state index >= 15 is 0 Å². The molecular weight excluding hydrogens is 857 g/mol. The van der Waals surface area contributed by atoms with E-state index in [0.717, 1.165) is 77.2 Å². The van der Waals surface area contributed by atoms with Crippen LogP contribution in [0.5, 0.6) is 0 Å². The molecule has 59 heavy (non-hydrogen) atoms. The summed E-state index contributed by atoms with van der Waals surface area (Å²) in [6.07, 6.45) is 0. The van der Waals surface area contributed by atoms with Crippen molar-refractivity contribution in [2.45, 2.75) is 50.7 Å². The molecule has 0 spiro atoms. The molecule has 0 saturated carbocycles. The van der Waals surface area contributed by atoms with Crippen LogP contribution in [-0.2, 0) is 13.1 Å². The summed E-state index contributed by atoms with van der Waals surface area (Å²) in [6, 6.07) is 52.5. The number of anilines is 2. The van der Waals surface area contributed by atoms with E-state index in [-0.39, 0.29) is 16.8 Å². The van der Waals surface area contributed by atoms with Gasteiger partial charge in [0.15, 0.2) is 0 Å². The highest BCUT2D eigenvalue weighted by Crippen LogP contribution is 2.33. The van der Waals surface area contributed by atoms with Crippen LogP contribution in [0, 0.1) is 0 Å². The molecule has 7 rings (SSSR count). The molecular formula is C49H54Cl6N4. The molecule has 3 atom stereocenters. The van der Waals surface area contributed by atoms with Gasteiger partial charge in [-0.3, -0.25) is 9.80 Å². The maximum Gasteiger partial charge on any atom is 0.0712 e. The second-order valence-electron chi connectivity index (χ2n) is 14.0. The van der Waals surface area contributed by atoms with Gasteiger partial charge in [-0.1, -0.05) is 145 Å². The third-order valence-electron chi connectivity index (χ3n) is 9.41. The molecule has 0 bridgehead atoms. The van der Waals surface area contributed by atoms with Crippen molar-refractivity contribution < 1.29 is 0 Å². The van der Waals surface area contributed by atoms with E-state index in [1.165, 1.54) is 22.4 Å². The maximum atomic E-state index is 6.58. The Hall–Kier alpha value is -3.42. The molecule has 312 valence electrons. The third kappa shape index (κ3) is 17.2.